The molecule has 5 nitrogen and oxygen atoms in total. The molecule has 0 spiro atoms. The molecule has 0 bridgehead atoms. The quantitative estimate of drug-likeness (QED) is 0.287. The van der Waals surface area contributed by atoms with E-state index in [1.54, 1.807) is 7.11 Å². The zero-order valence-electron chi connectivity index (χ0n) is 19.0. The van der Waals surface area contributed by atoms with Gasteiger partial charge in [0.25, 0.3) is 5.56 Å². The van der Waals surface area contributed by atoms with Gasteiger partial charge < -0.3 is 9.30 Å². The largest absolute Gasteiger partial charge is 0.497 e. The summed E-state index contributed by atoms with van der Waals surface area (Å²) in [6.45, 7) is 3.06. The van der Waals surface area contributed by atoms with Crippen LogP contribution >= 0.6 is 0 Å². The van der Waals surface area contributed by atoms with Gasteiger partial charge in [0.2, 0.25) is 0 Å². The Hall–Kier alpha value is -3.86. The smallest absolute Gasteiger partial charge is 0.283 e. The standard InChI is InChI=1S/C28H27N3O2/c1-3-4-10-19-30-24-14-9-8-13-23(24)26-25(27(30)20-11-6-5-7-12-20)28(32)31(29-26)21-15-17-22(33-2)18-16-21/h5-9,11-18H,3-4,10,19H2,1-2H3. The normalized spacial score (nSPS) is 11.3. The molecular formula is C28H27N3O2. The molecule has 0 atom stereocenters. The highest BCUT2D eigenvalue weighted by atomic mass is 16.5. The highest BCUT2D eigenvalue weighted by Gasteiger charge is 2.26. The number of unbranched alkanes of at least 4 members (excludes halogenated alkanes) is 2. The summed E-state index contributed by atoms with van der Waals surface area (Å²) in [6.07, 6.45) is 3.34. The fourth-order valence-electron chi connectivity index (χ4n) is 4.52. The molecule has 2 aliphatic rings. The molecule has 0 unspecified atom stereocenters. The molecular weight excluding hydrogens is 410 g/mol. The Kier molecular flexibility index (Phi) is 5.69. The molecule has 0 aromatic heterocycles. The third-order valence-electron chi connectivity index (χ3n) is 6.15. The predicted molar refractivity (Wildman–Crippen MR) is 133 cm³/mol. The van der Waals surface area contributed by atoms with Crippen molar-refractivity contribution in [1.29, 1.82) is 0 Å². The van der Waals surface area contributed by atoms with Crippen molar-refractivity contribution in [3.63, 3.8) is 0 Å². The highest BCUT2D eigenvalue weighted by Crippen LogP contribution is 2.37. The number of hydrogen-bond acceptors (Lipinski definition) is 3. The Morgan fingerprint density at radius 2 is 1.61 bits per heavy atom. The fourth-order valence-corrected chi connectivity index (χ4v) is 4.52. The lowest BCUT2D eigenvalue weighted by Crippen LogP contribution is -2.17. The Balaban J connectivity index is 1.85. The number of aromatic nitrogens is 3. The first-order valence-electron chi connectivity index (χ1n) is 11.5. The van der Waals surface area contributed by atoms with Crippen molar-refractivity contribution in [2.75, 3.05) is 7.11 Å². The molecule has 0 N–H and O–H groups in total. The average Bonchev–Trinajstić information content (AvgIpc) is 3.22. The van der Waals surface area contributed by atoms with E-state index in [-0.39, 0.29) is 5.56 Å². The number of ether oxygens (including phenoxy) is 1. The number of rotatable bonds is 7. The van der Waals surface area contributed by atoms with Crippen molar-refractivity contribution in [3.05, 3.63) is 89.2 Å². The first-order chi connectivity index (χ1) is 16.2. The van der Waals surface area contributed by atoms with Crippen LogP contribution < -0.4 is 10.3 Å². The molecule has 0 saturated carbocycles. The number of nitrogens with zero attached hydrogens (tertiary/aromatic N) is 3. The van der Waals surface area contributed by atoms with E-state index in [1.807, 2.05) is 48.5 Å². The minimum absolute atomic E-state index is 0.107. The molecule has 0 fully saturated rings. The summed E-state index contributed by atoms with van der Waals surface area (Å²) < 4.78 is 9.10. The summed E-state index contributed by atoms with van der Waals surface area (Å²) in [4.78, 5) is 13.9. The van der Waals surface area contributed by atoms with Gasteiger partial charge in [-0.05, 0) is 42.3 Å². The second-order valence-corrected chi connectivity index (χ2v) is 8.23. The van der Waals surface area contributed by atoms with E-state index in [2.05, 4.69) is 41.8 Å². The monoisotopic (exact) mass is 437 g/mol. The van der Waals surface area contributed by atoms with Crippen LogP contribution in [0.15, 0.2) is 83.7 Å². The molecule has 3 aromatic rings. The summed E-state index contributed by atoms with van der Waals surface area (Å²) in [6, 6.07) is 25.9. The summed E-state index contributed by atoms with van der Waals surface area (Å²) in [5.74, 6) is 0.743. The van der Waals surface area contributed by atoms with E-state index < -0.39 is 0 Å². The Bertz CT molecular complexity index is 1420. The minimum atomic E-state index is -0.107. The number of para-hydroxylation sites is 1. The molecule has 0 amide bonds. The van der Waals surface area contributed by atoms with Gasteiger partial charge in [-0.25, -0.2) is 0 Å². The maximum absolute atomic E-state index is 13.9. The summed E-state index contributed by atoms with van der Waals surface area (Å²) in [5, 5.41) is 5.83. The molecule has 33 heavy (non-hydrogen) atoms. The SMILES string of the molecule is CCCCCn1c(-c2ccccc2)c2c(=O)n(-c3ccc(OC)cc3)nc-2c2ccccc21. The van der Waals surface area contributed by atoms with Crippen molar-refractivity contribution < 1.29 is 4.74 Å². The highest BCUT2D eigenvalue weighted by molar-refractivity contribution is 5.99. The minimum Gasteiger partial charge on any atom is -0.497 e. The second kappa shape index (κ2) is 8.94. The van der Waals surface area contributed by atoms with Crippen LogP contribution in [0.4, 0.5) is 0 Å². The molecule has 3 aromatic carbocycles. The van der Waals surface area contributed by atoms with Crippen LogP contribution in [0, 0.1) is 0 Å². The zero-order chi connectivity index (χ0) is 22.8. The summed E-state index contributed by atoms with van der Waals surface area (Å²) >= 11 is 0. The van der Waals surface area contributed by atoms with Gasteiger partial charge in [0.05, 0.1) is 29.6 Å². The van der Waals surface area contributed by atoms with E-state index in [0.717, 1.165) is 65.1 Å². The molecule has 0 radical (unpaired) electrons. The maximum atomic E-state index is 13.9. The first-order valence-corrected chi connectivity index (χ1v) is 11.5. The van der Waals surface area contributed by atoms with Gasteiger partial charge in [0, 0.05) is 11.9 Å². The predicted octanol–water partition coefficient (Wildman–Crippen LogP) is 6.16. The summed E-state index contributed by atoms with van der Waals surface area (Å²) in [5.41, 5.74) is 5.06. The van der Waals surface area contributed by atoms with Crippen LogP contribution in [-0.2, 0) is 6.54 Å². The van der Waals surface area contributed by atoms with E-state index in [1.165, 1.54) is 4.68 Å². The van der Waals surface area contributed by atoms with Gasteiger partial charge in [0.1, 0.15) is 11.4 Å². The van der Waals surface area contributed by atoms with E-state index >= 15 is 0 Å². The zero-order valence-corrected chi connectivity index (χ0v) is 19.0. The van der Waals surface area contributed by atoms with Crippen LogP contribution in [0.1, 0.15) is 26.2 Å². The van der Waals surface area contributed by atoms with Gasteiger partial charge in [-0.1, -0.05) is 68.3 Å². The third kappa shape index (κ3) is 3.69. The molecule has 5 rings (SSSR count). The van der Waals surface area contributed by atoms with Crippen LogP contribution in [0.2, 0.25) is 0 Å². The Morgan fingerprint density at radius 3 is 2.33 bits per heavy atom. The van der Waals surface area contributed by atoms with Gasteiger partial charge in [-0.15, -0.1) is 0 Å². The Morgan fingerprint density at radius 1 is 0.879 bits per heavy atom. The number of methoxy groups -OCH3 is 1. The first kappa shape index (κ1) is 21.0. The van der Waals surface area contributed by atoms with Gasteiger partial charge >= 0.3 is 0 Å². The van der Waals surface area contributed by atoms with Crippen LogP contribution in [0.25, 0.3) is 39.1 Å². The van der Waals surface area contributed by atoms with Crippen molar-refractivity contribution in [3.8, 4) is 34.0 Å². The van der Waals surface area contributed by atoms with E-state index in [4.69, 9.17) is 9.84 Å². The number of aryl methyl sites for hydroxylation is 1. The Labute approximate surface area is 193 Å². The lowest BCUT2D eigenvalue weighted by molar-refractivity contribution is 0.414. The maximum Gasteiger partial charge on any atom is 0.283 e. The van der Waals surface area contributed by atoms with Crippen molar-refractivity contribution in [1.82, 2.24) is 14.3 Å². The second-order valence-electron chi connectivity index (χ2n) is 8.23. The van der Waals surface area contributed by atoms with Crippen molar-refractivity contribution in [2.24, 2.45) is 0 Å². The van der Waals surface area contributed by atoms with Crippen molar-refractivity contribution >= 4 is 10.9 Å². The molecule has 2 aliphatic heterocycles. The molecule has 0 saturated heterocycles. The van der Waals surface area contributed by atoms with Crippen LogP contribution in [0.5, 0.6) is 5.75 Å². The number of fused-ring (bicyclic) bond motifs is 3. The molecule has 2 heterocycles. The van der Waals surface area contributed by atoms with E-state index in [0.29, 0.717) is 5.56 Å². The van der Waals surface area contributed by atoms with Crippen LogP contribution in [-0.4, -0.2) is 21.5 Å². The average molecular weight is 438 g/mol. The van der Waals surface area contributed by atoms with Gasteiger partial charge in [-0.3, -0.25) is 4.79 Å². The number of pyridine rings is 1. The van der Waals surface area contributed by atoms with E-state index in [9.17, 15) is 4.79 Å². The van der Waals surface area contributed by atoms with Gasteiger partial charge in [0.15, 0.2) is 0 Å². The fraction of sp³-hybridized carbons (Fsp3) is 0.214. The number of hydrogen-bond donors (Lipinski definition) is 0. The topological polar surface area (TPSA) is 49.0 Å². The third-order valence-corrected chi connectivity index (χ3v) is 6.15. The van der Waals surface area contributed by atoms with Crippen LogP contribution in [0.3, 0.4) is 0 Å². The van der Waals surface area contributed by atoms with Gasteiger partial charge in [-0.2, -0.15) is 9.78 Å². The molecule has 5 heteroatoms. The molecule has 166 valence electrons. The lowest BCUT2D eigenvalue weighted by atomic mass is 9.98. The number of benzene rings is 3. The summed E-state index contributed by atoms with van der Waals surface area (Å²) in [7, 11) is 1.63. The molecule has 0 aliphatic carbocycles. The van der Waals surface area contributed by atoms with Crippen molar-refractivity contribution in [2.45, 2.75) is 32.7 Å². The lowest BCUT2D eigenvalue weighted by Gasteiger charge is -2.20.